The maximum atomic E-state index is 11.7. The van der Waals surface area contributed by atoms with Gasteiger partial charge in [-0.15, -0.1) is 0 Å². The van der Waals surface area contributed by atoms with Crippen LogP contribution in [0.5, 0.6) is 0 Å². The first-order valence-corrected chi connectivity index (χ1v) is 8.10. The first kappa shape index (κ1) is 15.2. The fourth-order valence-electron chi connectivity index (χ4n) is 1.84. The molecular formula is C13H15N3O4S. The summed E-state index contributed by atoms with van der Waals surface area (Å²) < 4.78 is 24.0. The van der Waals surface area contributed by atoms with E-state index >= 15 is 0 Å². The number of aromatic amines is 1. The number of H-pyrrole nitrogens is 1. The molecule has 1 aromatic carbocycles. The molecule has 7 nitrogen and oxygen atoms in total. The number of carbonyl (C=O) groups is 1. The van der Waals surface area contributed by atoms with Crippen molar-refractivity contribution in [1.82, 2.24) is 9.71 Å². The highest BCUT2D eigenvalue weighted by Gasteiger charge is 2.06. The van der Waals surface area contributed by atoms with E-state index in [9.17, 15) is 18.0 Å². The molecule has 2 aromatic rings. The van der Waals surface area contributed by atoms with Crippen molar-refractivity contribution in [3.63, 3.8) is 0 Å². The Morgan fingerprint density at radius 1 is 1.29 bits per heavy atom. The van der Waals surface area contributed by atoms with Crippen LogP contribution in [-0.4, -0.2) is 32.1 Å². The molecule has 0 unspecified atom stereocenters. The highest BCUT2D eigenvalue weighted by Crippen LogP contribution is 2.15. The summed E-state index contributed by atoms with van der Waals surface area (Å²) >= 11 is 0. The van der Waals surface area contributed by atoms with Crippen LogP contribution in [0.25, 0.3) is 10.8 Å². The number of fused-ring (bicyclic) bond motifs is 1. The fourth-order valence-corrected chi connectivity index (χ4v) is 2.32. The Kier molecular flexibility index (Phi) is 4.39. The highest BCUT2D eigenvalue weighted by atomic mass is 32.2. The minimum Gasteiger partial charge on any atom is -0.329 e. The molecule has 0 saturated carbocycles. The summed E-state index contributed by atoms with van der Waals surface area (Å²) in [4.78, 5) is 25.8. The van der Waals surface area contributed by atoms with E-state index in [2.05, 4.69) is 15.0 Å². The maximum absolute atomic E-state index is 11.7. The number of anilines is 1. The van der Waals surface area contributed by atoms with Gasteiger partial charge in [0.05, 0.1) is 6.26 Å². The molecule has 21 heavy (non-hydrogen) atoms. The molecule has 8 heteroatoms. The zero-order valence-corrected chi connectivity index (χ0v) is 12.2. The van der Waals surface area contributed by atoms with Crippen LogP contribution in [0.4, 0.5) is 5.69 Å². The van der Waals surface area contributed by atoms with Crippen molar-refractivity contribution < 1.29 is 13.2 Å². The summed E-state index contributed by atoms with van der Waals surface area (Å²) in [5.74, 6) is -0.310. The van der Waals surface area contributed by atoms with Gasteiger partial charge in [-0.25, -0.2) is 13.1 Å². The van der Waals surface area contributed by atoms with E-state index in [1.54, 1.807) is 24.3 Å². The van der Waals surface area contributed by atoms with Gasteiger partial charge in [-0.05, 0) is 29.7 Å². The first-order valence-electron chi connectivity index (χ1n) is 6.21. The lowest BCUT2D eigenvalue weighted by Crippen LogP contribution is -2.26. The number of hydrogen-bond donors (Lipinski definition) is 3. The number of pyridine rings is 1. The Morgan fingerprint density at radius 2 is 2.05 bits per heavy atom. The van der Waals surface area contributed by atoms with Crippen molar-refractivity contribution in [2.24, 2.45) is 0 Å². The van der Waals surface area contributed by atoms with Crippen molar-refractivity contribution in [2.75, 3.05) is 18.1 Å². The molecule has 112 valence electrons. The van der Waals surface area contributed by atoms with Gasteiger partial charge in [0.15, 0.2) is 0 Å². The molecule has 0 spiro atoms. The third-order valence-electron chi connectivity index (χ3n) is 2.77. The Labute approximate surface area is 121 Å². The van der Waals surface area contributed by atoms with Gasteiger partial charge in [-0.2, -0.15) is 0 Å². The molecule has 0 saturated heterocycles. The first-order chi connectivity index (χ1) is 9.85. The van der Waals surface area contributed by atoms with E-state index in [1.165, 1.54) is 6.20 Å². The second-order valence-electron chi connectivity index (χ2n) is 4.57. The number of rotatable bonds is 5. The molecule has 0 aliphatic heterocycles. The van der Waals surface area contributed by atoms with Crippen LogP contribution in [0.2, 0.25) is 0 Å². The van der Waals surface area contributed by atoms with E-state index < -0.39 is 10.0 Å². The second-order valence-corrected chi connectivity index (χ2v) is 6.41. The summed E-state index contributed by atoms with van der Waals surface area (Å²) in [7, 11) is -3.29. The summed E-state index contributed by atoms with van der Waals surface area (Å²) in [5.41, 5.74) is 0.361. The van der Waals surface area contributed by atoms with Crippen LogP contribution < -0.4 is 15.6 Å². The zero-order chi connectivity index (χ0) is 15.5. The standard InChI is InChI=1S/C13H15N3O4S/c1-21(19,20)15-7-5-12(17)16-10-2-3-11-9(8-10)4-6-14-13(11)18/h2-4,6,8,15H,5,7H2,1H3,(H,14,18)(H,16,17). The van der Waals surface area contributed by atoms with E-state index in [-0.39, 0.29) is 24.4 Å². The Bertz CT molecular complexity index is 827. The van der Waals surface area contributed by atoms with Crippen molar-refractivity contribution in [3.8, 4) is 0 Å². The minimum atomic E-state index is -3.29. The maximum Gasteiger partial charge on any atom is 0.255 e. The molecule has 2 rings (SSSR count). The van der Waals surface area contributed by atoms with Crippen LogP contribution in [0.3, 0.4) is 0 Å². The third-order valence-corrected chi connectivity index (χ3v) is 3.50. The minimum absolute atomic E-state index is 0.0283. The van der Waals surface area contributed by atoms with Crippen LogP contribution in [-0.2, 0) is 14.8 Å². The molecule has 1 aromatic heterocycles. The van der Waals surface area contributed by atoms with Gasteiger partial charge in [0.25, 0.3) is 5.56 Å². The zero-order valence-electron chi connectivity index (χ0n) is 11.3. The van der Waals surface area contributed by atoms with E-state index in [0.717, 1.165) is 6.26 Å². The van der Waals surface area contributed by atoms with Crippen LogP contribution in [0.15, 0.2) is 35.3 Å². The van der Waals surface area contributed by atoms with Crippen molar-refractivity contribution >= 4 is 32.4 Å². The molecule has 1 heterocycles. The SMILES string of the molecule is CS(=O)(=O)NCCC(=O)Nc1ccc2c(=O)[nH]ccc2c1. The van der Waals surface area contributed by atoms with Gasteiger partial charge in [-0.3, -0.25) is 9.59 Å². The van der Waals surface area contributed by atoms with E-state index in [0.29, 0.717) is 16.5 Å². The highest BCUT2D eigenvalue weighted by molar-refractivity contribution is 7.88. The van der Waals surface area contributed by atoms with Gasteiger partial charge >= 0.3 is 0 Å². The van der Waals surface area contributed by atoms with Gasteiger partial charge < -0.3 is 10.3 Å². The number of aromatic nitrogens is 1. The largest absolute Gasteiger partial charge is 0.329 e. The monoisotopic (exact) mass is 309 g/mol. The molecular weight excluding hydrogens is 294 g/mol. The molecule has 0 atom stereocenters. The Morgan fingerprint density at radius 3 is 2.76 bits per heavy atom. The van der Waals surface area contributed by atoms with Gasteiger partial charge in [-0.1, -0.05) is 0 Å². The number of nitrogens with one attached hydrogen (secondary N) is 3. The lowest BCUT2D eigenvalue weighted by atomic mass is 10.1. The number of amides is 1. The van der Waals surface area contributed by atoms with Crippen molar-refractivity contribution in [1.29, 1.82) is 0 Å². The number of sulfonamides is 1. The topological polar surface area (TPSA) is 108 Å². The van der Waals surface area contributed by atoms with E-state index in [4.69, 9.17) is 0 Å². The number of benzene rings is 1. The van der Waals surface area contributed by atoms with Crippen molar-refractivity contribution in [2.45, 2.75) is 6.42 Å². The van der Waals surface area contributed by atoms with Crippen LogP contribution in [0.1, 0.15) is 6.42 Å². The van der Waals surface area contributed by atoms with E-state index in [1.807, 2.05) is 0 Å². The lowest BCUT2D eigenvalue weighted by molar-refractivity contribution is -0.116. The molecule has 0 radical (unpaired) electrons. The van der Waals surface area contributed by atoms with Crippen molar-refractivity contribution in [3.05, 3.63) is 40.8 Å². The lowest BCUT2D eigenvalue weighted by Gasteiger charge is -2.06. The average molecular weight is 309 g/mol. The quantitative estimate of drug-likeness (QED) is 0.743. The second kappa shape index (κ2) is 6.06. The summed E-state index contributed by atoms with van der Waals surface area (Å²) in [5, 5.41) is 3.90. The molecule has 1 amide bonds. The third kappa shape index (κ3) is 4.40. The summed E-state index contributed by atoms with van der Waals surface area (Å²) in [6.45, 7) is 0.0396. The molecule has 3 N–H and O–H groups in total. The molecule has 0 aliphatic carbocycles. The Balaban J connectivity index is 2.03. The number of carbonyl (C=O) groups excluding carboxylic acids is 1. The average Bonchev–Trinajstić information content (AvgIpc) is 2.37. The smallest absolute Gasteiger partial charge is 0.255 e. The van der Waals surface area contributed by atoms with Gasteiger partial charge in [0, 0.05) is 30.2 Å². The molecule has 0 aliphatic rings. The van der Waals surface area contributed by atoms with Crippen LogP contribution in [0, 0.1) is 0 Å². The summed E-state index contributed by atoms with van der Waals surface area (Å²) in [6.07, 6.45) is 2.60. The van der Waals surface area contributed by atoms with Gasteiger partial charge in [0.2, 0.25) is 15.9 Å². The summed E-state index contributed by atoms with van der Waals surface area (Å²) in [6, 6.07) is 6.67. The number of hydrogen-bond acceptors (Lipinski definition) is 4. The molecule has 0 bridgehead atoms. The normalized spacial score (nSPS) is 11.5. The van der Waals surface area contributed by atoms with Crippen LogP contribution >= 0.6 is 0 Å². The Hall–Kier alpha value is -2.19. The fraction of sp³-hybridized carbons (Fsp3) is 0.231. The van der Waals surface area contributed by atoms with Gasteiger partial charge in [0.1, 0.15) is 0 Å². The molecule has 0 fully saturated rings. The predicted octanol–water partition coefficient (Wildman–Crippen LogP) is 0.406. The predicted molar refractivity (Wildman–Crippen MR) is 80.7 cm³/mol.